The second-order valence-corrected chi connectivity index (χ2v) is 15.5. The Labute approximate surface area is 290 Å². The summed E-state index contributed by atoms with van der Waals surface area (Å²) >= 11 is 1.67. The van der Waals surface area contributed by atoms with Crippen LogP contribution in [0.4, 0.5) is 5.69 Å². The van der Waals surface area contributed by atoms with Gasteiger partial charge in [0.25, 0.3) is 0 Å². The average Bonchev–Trinajstić information content (AvgIpc) is 3.68. The van der Waals surface area contributed by atoms with Crippen LogP contribution in [0.5, 0.6) is 5.75 Å². The molecule has 0 aliphatic carbocycles. The number of aliphatic hydroxyl groups is 1. The molecule has 0 radical (unpaired) electrons. The zero-order valence-corrected chi connectivity index (χ0v) is 29.9. The van der Waals surface area contributed by atoms with Gasteiger partial charge in [0.1, 0.15) is 11.8 Å². The fourth-order valence-corrected chi connectivity index (χ4v) is 10.9. The van der Waals surface area contributed by atoms with Gasteiger partial charge in [-0.3, -0.25) is 19.3 Å². The quantitative estimate of drug-likeness (QED) is 0.264. The lowest BCUT2D eigenvalue weighted by Gasteiger charge is -2.42. The van der Waals surface area contributed by atoms with Crippen molar-refractivity contribution in [1.82, 2.24) is 14.7 Å². The maximum atomic E-state index is 15.0. The lowest BCUT2D eigenvalue weighted by atomic mass is 9.65. The van der Waals surface area contributed by atoms with Gasteiger partial charge in [0.15, 0.2) is 0 Å². The van der Waals surface area contributed by atoms with E-state index in [1.54, 1.807) is 33.7 Å². The largest absolute Gasteiger partial charge is 0.494 e. The fourth-order valence-electron chi connectivity index (χ4n) is 8.46. The number of likely N-dealkylation sites (tertiary alicyclic amines) is 1. The Hall–Kier alpha value is -2.86. The number of thioether (sulfide) groups is 1. The molecule has 48 heavy (non-hydrogen) atoms. The van der Waals surface area contributed by atoms with Crippen LogP contribution >= 0.6 is 11.8 Å². The van der Waals surface area contributed by atoms with Crippen LogP contribution < -0.4 is 9.64 Å². The number of carbonyl (C=O) groups is 3. The lowest BCUT2D eigenvalue weighted by molar-refractivity contribution is -0.146. The second kappa shape index (κ2) is 15.8. The Bertz CT molecular complexity index is 1320. The molecule has 1 aromatic rings. The number of anilines is 1. The molecular weight excluding hydrogens is 628 g/mol. The number of aliphatic hydroxyl groups excluding tert-OH is 1. The van der Waals surface area contributed by atoms with Gasteiger partial charge in [-0.1, -0.05) is 32.9 Å². The Morgan fingerprint density at radius 3 is 2.44 bits per heavy atom. The average molecular weight is 683 g/mol. The van der Waals surface area contributed by atoms with Crippen LogP contribution in [0.3, 0.4) is 0 Å². The molecule has 4 heterocycles. The number of amides is 3. The van der Waals surface area contributed by atoms with Crippen LogP contribution in [-0.2, 0) is 19.1 Å². The zero-order chi connectivity index (χ0) is 34.6. The third kappa shape index (κ3) is 6.80. The second-order valence-electron chi connectivity index (χ2n) is 14.0. The maximum absolute atomic E-state index is 15.0. The first kappa shape index (κ1) is 36.4. The number of benzene rings is 1. The van der Waals surface area contributed by atoms with Gasteiger partial charge >= 0.3 is 0 Å². The number of carbonyl (C=O) groups excluding carboxylic acids is 3. The van der Waals surface area contributed by atoms with Crippen molar-refractivity contribution < 1.29 is 29.0 Å². The summed E-state index contributed by atoms with van der Waals surface area (Å²) in [4.78, 5) is 52.2. The molecule has 3 unspecified atom stereocenters. The molecule has 1 aromatic carbocycles. The van der Waals surface area contributed by atoms with Crippen molar-refractivity contribution in [3.63, 3.8) is 0 Å². The first-order valence-corrected chi connectivity index (χ1v) is 18.5. The molecule has 1 spiro atoms. The van der Waals surface area contributed by atoms with E-state index < -0.39 is 28.7 Å². The molecule has 5 rings (SSSR count). The third-order valence-corrected chi connectivity index (χ3v) is 12.6. The number of fused-ring (bicyclic) bond motifs is 1. The van der Waals surface area contributed by atoms with E-state index in [1.807, 2.05) is 36.1 Å². The summed E-state index contributed by atoms with van der Waals surface area (Å²) in [5.74, 6) is -0.799. The van der Waals surface area contributed by atoms with E-state index in [4.69, 9.17) is 9.47 Å². The number of ether oxygens (including phenoxy) is 2. The van der Waals surface area contributed by atoms with Crippen molar-refractivity contribution in [3.8, 4) is 5.75 Å². The normalized spacial score (nSPS) is 28.8. The van der Waals surface area contributed by atoms with Gasteiger partial charge in [-0.05, 0) is 55.9 Å². The molecule has 10 nitrogen and oxygen atoms in total. The molecule has 264 valence electrons. The molecule has 4 aliphatic heterocycles. The van der Waals surface area contributed by atoms with Crippen LogP contribution in [0.15, 0.2) is 49.6 Å². The predicted molar refractivity (Wildman–Crippen MR) is 190 cm³/mol. The first-order chi connectivity index (χ1) is 23.1. The highest BCUT2D eigenvalue weighted by Gasteiger charge is 2.77. The molecule has 4 saturated heterocycles. The summed E-state index contributed by atoms with van der Waals surface area (Å²) in [5.41, 5.74) is 0.710. The third-order valence-electron chi connectivity index (χ3n) is 10.5. The number of hydrogen-bond donors (Lipinski definition) is 1. The fraction of sp³-hybridized carbons (Fsp3) is 0.649. The topological polar surface area (TPSA) is 103 Å². The number of morpholine rings is 1. The van der Waals surface area contributed by atoms with Crippen molar-refractivity contribution in [2.45, 2.75) is 62.6 Å². The highest BCUT2D eigenvalue weighted by atomic mass is 32.2. The smallest absolute Gasteiger partial charge is 0.247 e. The lowest BCUT2D eigenvalue weighted by Crippen LogP contribution is -2.60. The highest BCUT2D eigenvalue weighted by molar-refractivity contribution is 8.02. The van der Waals surface area contributed by atoms with Gasteiger partial charge < -0.3 is 29.3 Å². The van der Waals surface area contributed by atoms with Crippen LogP contribution in [0, 0.1) is 23.7 Å². The minimum atomic E-state index is -0.795. The standard InChI is InChI=1S/C37H54N4O6S/c1-7-14-39(17-16-38-18-20-46-21-19-38)36(45)33-37-26(6)23-30(48-37)31(32(37)35(44)41(33)28(24-42)22-25(4)5)34(43)40(15-8-2)27-10-12-29(13-11-27)47-9-3/h7-8,10-13,25-26,28,30-33,42H,1-2,9,14-24H2,3-6H3/t26?,28-,30+,31-,32+,33?,37?/m1/s1. The minimum absolute atomic E-state index is 0.0194. The van der Waals surface area contributed by atoms with Crippen LogP contribution in [-0.4, -0.2) is 125 Å². The van der Waals surface area contributed by atoms with Gasteiger partial charge in [-0.25, -0.2) is 0 Å². The Balaban J connectivity index is 1.53. The van der Waals surface area contributed by atoms with E-state index in [0.717, 1.165) is 25.3 Å². The summed E-state index contributed by atoms with van der Waals surface area (Å²) in [5, 5.41) is 10.6. The number of rotatable bonds is 16. The molecular formula is C37H54N4O6S. The molecule has 1 N–H and O–H groups in total. The molecule has 4 fully saturated rings. The van der Waals surface area contributed by atoms with Crippen LogP contribution in [0.1, 0.15) is 40.5 Å². The van der Waals surface area contributed by atoms with E-state index >= 15 is 0 Å². The molecule has 4 aliphatic rings. The van der Waals surface area contributed by atoms with Gasteiger partial charge in [0.05, 0.1) is 49.1 Å². The van der Waals surface area contributed by atoms with E-state index in [0.29, 0.717) is 51.6 Å². The van der Waals surface area contributed by atoms with Crippen molar-refractivity contribution in [2.24, 2.45) is 23.7 Å². The summed E-state index contributed by atoms with van der Waals surface area (Å²) in [6.45, 7) is 21.1. The van der Waals surface area contributed by atoms with Crippen molar-refractivity contribution in [1.29, 1.82) is 0 Å². The van der Waals surface area contributed by atoms with Crippen LogP contribution in [0.25, 0.3) is 0 Å². The number of nitrogens with zero attached hydrogens (tertiary/aromatic N) is 4. The zero-order valence-electron chi connectivity index (χ0n) is 29.1. The Morgan fingerprint density at radius 2 is 1.83 bits per heavy atom. The summed E-state index contributed by atoms with van der Waals surface area (Å²) in [6.07, 6.45) is 4.73. The van der Waals surface area contributed by atoms with Gasteiger partial charge in [-0.15, -0.1) is 24.9 Å². The Kier molecular flexibility index (Phi) is 12.0. The molecule has 0 saturated carbocycles. The summed E-state index contributed by atoms with van der Waals surface area (Å²) in [7, 11) is 0. The van der Waals surface area contributed by atoms with Crippen LogP contribution in [0.2, 0.25) is 0 Å². The summed E-state index contributed by atoms with van der Waals surface area (Å²) in [6, 6.07) is 6.10. The van der Waals surface area contributed by atoms with Gasteiger partial charge in [0, 0.05) is 50.2 Å². The van der Waals surface area contributed by atoms with Gasteiger partial charge in [-0.2, -0.15) is 0 Å². The van der Waals surface area contributed by atoms with Crippen molar-refractivity contribution >= 4 is 35.2 Å². The molecule has 0 aromatic heterocycles. The van der Waals surface area contributed by atoms with E-state index in [1.165, 1.54) is 0 Å². The molecule has 2 bridgehead atoms. The van der Waals surface area contributed by atoms with Gasteiger partial charge in [0.2, 0.25) is 17.7 Å². The van der Waals surface area contributed by atoms with Crippen molar-refractivity contribution in [3.05, 3.63) is 49.6 Å². The molecule has 7 atom stereocenters. The van der Waals surface area contributed by atoms with E-state index in [-0.39, 0.29) is 48.0 Å². The predicted octanol–water partition coefficient (Wildman–Crippen LogP) is 3.70. The maximum Gasteiger partial charge on any atom is 0.247 e. The minimum Gasteiger partial charge on any atom is -0.494 e. The molecule has 3 amide bonds. The highest BCUT2D eigenvalue weighted by Crippen LogP contribution is 2.69. The van der Waals surface area contributed by atoms with E-state index in [9.17, 15) is 19.5 Å². The van der Waals surface area contributed by atoms with Crippen molar-refractivity contribution in [2.75, 3.05) is 70.6 Å². The first-order valence-electron chi connectivity index (χ1n) is 17.6. The molecule has 11 heteroatoms. The monoisotopic (exact) mass is 682 g/mol. The number of hydrogen-bond acceptors (Lipinski definition) is 8. The summed E-state index contributed by atoms with van der Waals surface area (Å²) < 4.78 is 10.4. The van der Waals surface area contributed by atoms with E-state index in [2.05, 4.69) is 38.8 Å². The SMILES string of the molecule is C=CCN(CCN1CCOCC1)C(=O)C1N([C@@H](CO)CC(C)C)C(=O)[C@@H]2[C@H](C(=O)N(CC=C)c3ccc(OCC)cc3)[C@@H]3CC(C)C12S3. The Morgan fingerprint density at radius 1 is 1.15 bits per heavy atom.